The lowest BCUT2D eigenvalue weighted by molar-refractivity contribution is -0.152. The molecule has 1 fully saturated rings. The fourth-order valence-electron chi connectivity index (χ4n) is 2.59. The third kappa shape index (κ3) is 5.38. The minimum absolute atomic E-state index is 0.0718. The highest BCUT2D eigenvalue weighted by atomic mass is 16.5. The predicted molar refractivity (Wildman–Crippen MR) is 72.2 cm³/mol. The number of carbonyl (C=O) groups excluding carboxylic acids is 1. The van der Waals surface area contributed by atoms with Crippen molar-refractivity contribution in [1.82, 2.24) is 0 Å². The molecule has 0 saturated heterocycles. The van der Waals surface area contributed by atoms with Crippen molar-refractivity contribution in [3.8, 4) is 0 Å². The van der Waals surface area contributed by atoms with E-state index in [2.05, 4.69) is 13.8 Å². The van der Waals surface area contributed by atoms with Gasteiger partial charge in [-0.1, -0.05) is 39.5 Å². The van der Waals surface area contributed by atoms with Crippen molar-refractivity contribution in [3.63, 3.8) is 0 Å². The predicted octanol–water partition coefficient (Wildman–Crippen LogP) is 3.30. The van der Waals surface area contributed by atoms with E-state index in [4.69, 9.17) is 4.74 Å². The molecule has 1 aliphatic rings. The van der Waals surface area contributed by atoms with Gasteiger partial charge in [0.05, 0.1) is 18.6 Å². The Hall–Kier alpha value is -0.570. The average Bonchev–Trinajstić information content (AvgIpc) is 2.38. The van der Waals surface area contributed by atoms with E-state index in [0.717, 1.165) is 32.1 Å². The molecule has 3 unspecified atom stereocenters. The molecule has 1 aliphatic carbocycles. The quantitative estimate of drug-likeness (QED) is 0.711. The number of carbonyl (C=O) groups is 1. The zero-order valence-corrected chi connectivity index (χ0v) is 11.9. The van der Waals surface area contributed by atoms with Crippen LogP contribution in [0.1, 0.15) is 65.2 Å². The molecule has 3 heteroatoms. The van der Waals surface area contributed by atoms with Crippen molar-refractivity contribution in [2.24, 2.45) is 11.8 Å². The molecular formula is C15H28O3. The molecule has 3 nitrogen and oxygen atoms in total. The first-order valence-electron chi connectivity index (χ1n) is 7.52. The van der Waals surface area contributed by atoms with Gasteiger partial charge in [-0.25, -0.2) is 0 Å². The fraction of sp³-hybridized carbons (Fsp3) is 0.933. The molecule has 0 amide bonds. The molecule has 1 N–H and O–H groups in total. The van der Waals surface area contributed by atoms with Gasteiger partial charge >= 0.3 is 5.97 Å². The maximum atomic E-state index is 11.9. The van der Waals surface area contributed by atoms with Crippen LogP contribution in [0.3, 0.4) is 0 Å². The molecule has 0 aromatic carbocycles. The molecule has 0 heterocycles. The summed E-state index contributed by atoms with van der Waals surface area (Å²) in [6.07, 6.45) is 7.54. The monoisotopic (exact) mass is 256 g/mol. The Morgan fingerprint density at radius 2 is 2.17 bits per heavy atom. The number of ether oxygens (including phenoxy) is 1. The summed E-state index contributed by atoms with van der Waals surface area (Å²) in [7, 11) is 0. The van der Waals surface area contributed by atoms with Crippen LogP contribution in [0.15, 0.2) is 0 Å². The van der Waals surface area contributed by atoms with Gasteiger partial charge in [0, 0.05) is 0 Å². The summed E-state index contributed by atoms with van der Waals surface area (Å²) in [6, 6.07) is 0. The maximum absolute atomic E-state index is 11.9. The van der Waals surface area contributed by atoms with Gasteiger partial charge in [-0.05, 0) is 31.6 Å². The van der Waals surface area contributed by atoms with Crippen LogP contribution in [0.5, 0.6) is 0 Å². The van der Waals surface area contributed by atoms with Crippen molar-refractivity contribution < 1.29 is 14.6 Å². The van der Waals surface area contributed by atoms with E-state index in [1.807, 2.05) is 0 Å². The SMILES string of the molecule is CCCCC(CC)COC(=O)C1CCCC(O)C1. The first-order valence-corrected chi connectivity index (χ1v) is 7.52. The topological polar surface area (TPSA) is 46.5 Å². The lowest BCUT2D eigenvalue weighted by Crippen LogP contribution is -2.28. The van der Waals surface area contributed by atoms with Gasteiger partial charge in [-0.3, -0.25) is 4.79 Å². The molecule has 3 atom stereocenters. The van der Waals surface area contributed by atoms with Gasteiger partial charge in [0.1, 0.15) is 0 Å². The minimum Gasteiger partial charge on any atom is -0.465 e. The third-order valence-electron chi connectivity index (χ3n) is 3.98. The average molecular weight is 256 g/mol. The number of hydrogen-bond acceptors (Lipinski definition) is 3. The van der Waals surface area contributed by atoms with Crippen molar-refractivity contribution in [1.29, 1.82) is 0 Å². The lowest BCUT2D eigenvalue weighted by Gasteiger charge is -2.25. The van der Waals surface area contributed by atoms with Crippen molar-refractivity contribution >= 4 is 5.97 Å². The van der Waals surface area contributed by atoms with Gasteiger partial charge in [0.15, 0.2) is 0 Å². The van der Waals surface area contributed by atoms with Gasteiger partial charge in [0.25, 0.3) is 0 Å². The molecule has 0 aromatic rings. The Balaban J connectivity index is 2.26. The highest BCUT2D eigenvalue weighted by Crippen LogP contribution is 2.25. The first-order chi connectivity index (χ1) is 8.67. The molecule has 0 radical (unpaired) electrons. The Morgan fingerprint density at radius 3 is 2.78 bits per heavy atom. The number of aliphatic hydroxyl groups is 1. The molecular weight excluding hydrogens is 228 g/mol. The van der Waals surface area contributed by atoms with Crippen LogP contribution in [0.2, 0.25) is 0 Å². The van der Waals surface area contributed by atoms with Crippen molar-refractivity contribution in [2.75, 3.05) is 6.61 Å². The number of hydrogen-bond donors (Lipinski definition) is 1. The molecule has 0 aromatic heterocycles. The highest BCUT2D eigenvalue weighted by Gasteiger charge is 2.27. The van der Waals surface area contributed by atoms with Crippen LogP contribution >= 0.6 is 0 Å². The molecule has 0 aliphatic heterocycles. The van der Waals surface area contributed by atoms with E-state index in [0.29, 0.717) is 18.9 Å². The van der Waals surface area contributed by atoms with Crippen LogP contribution in [0.25, 0.3) is 0 Å². The van der Waals surface area contributed by atoms with Crippen molar-refractivity contribution in [2.45, 2.75) is 71.3 Å². The zero-order valence-electron chi connectivity index (χ0n) is 11.9. The molecule has 1 saturated carbocycles. The summed E-state index contributed by atoms with van der Waals surface area (Å²) in [5, 5.41) is 9.56. The smallest absolute Gasteiger partial charge is 0.309 e. The largest absolute Gasteiger partial charge is 0.465 e. The van der Waals surface area contributed by atoms with Crippen LogP contribution in [-0.2, 0) is 9.53 Å². The van der Waals surface area contributed by atoms with E-state index in [1.165, 1.54) is 12.8 Å². The second-order valence-corrected chi connectivity index (χ2v) is 5.56. The minimum atomic E-state index is -0.307. The van der Waals surface area contributed by atoms with E-state index in [1.54, 1.807) is 0 Å². The van der Waals surface area contributed by atoms with Gasteiger partial charge in [0.2, 0.25) is 0 Å². The number of esters is 1. The van der Waals surface area contributed by atoms with E-state index >= 15 is 0 Å². The van der Waals surface area contributed by atoms with E-state index in [9.17, 15) is 9.90 Å². The summed E-state index contributed by atoms with van der Waals surface area (Å²) < 4.78 is 5.43. The zero-order chi connectivity index (χ0) is 13.4. The van der Waals surface area contributed by atoms with Crippen LogP contribution in [0.4, 0.5) is 0 Å². The van der Waals surface area contributed by atoms with Crippen LogP contribution in [0, 0.1) is 11.8 Å². The summed E-state index contributed by atoms with van der Waals surface area (Å²) in [5.74, 6) is 0.337. The highest BCUT2D eigenvalue weighted by molar-refractivity contribution is 5.72. The second-order valence-electron chi connectivity index (χ2n) is 5.56. The Labute approximate surface area is 111 Å². The third-order valence-corrected chi connectivity index (χ3v) is 3.98. The van der Waals surface area contributed by atoms with Crippen LogP contribution in [-0.4, -0.2) is 23.8 Å². The summed E-state index contributed by atoms with van der Waals surface area (Å²) >= 11 is 0. The Bertz CT molecular complexity index is 240. The maximum Gasteiger partial charge on any atom is 0.309 e. The molecule has 0 spiro atoms. The fourth-order valence-corrected chi connectivity index (χ4v) is 2.59. The summed E-state index contributed by atoms with van der Waals surface area (Å²) in [4.78, 5) is 11.9. The molecule has 106 valence electrons. The number of rotatable bonds is 7. The number of unbranched alkanes of at least 4 members (excludes halogenated alkanes) is 1. The van der Waals surface area contributed by atoms with E-state index in [-0.39, 0.29) is 18.0 Å². The Kier molecular flexibility index (Phi) is 7.33. The number of aliphatic hydroxyl groups excluding tert-OH is 1. The van der Waals surface area contributed by atoms with Gasteiger partial charge in [-0.2, -0.15) is 0 Å². The Morgan fingerprint density at radius 1 is 1.39 bits per heavy atom. The summed E-state index contributed by atoms with van der Waals surface area (Å²) in [5.41, 5.74) is 0. The van der Waals surface area contributed by atoms with Crippen molar-refractivity contribution in [3.05, 3.63) is 0 Å². The van der Waals surface area contributed by atoms with Crippen LogP contribution < -0.4 is 0 Å². The molecule has 0 bridgehead atoms. The summed E-state index contributed by atoms with van der Waals surface area (Å²) in [6.45, 7) is 4.89. The molecule has 1 rings (SSSR count). The lowest BCUT2D eigenvalue weighted by atomic mass is 9.87. The second kappa shape index (κ2) is 8.52. The normalized spacial score (nSPS) is 25.7. The van der Waals surface area contributed by atoms with Gasteiger partial charge in [-0.15, -0.1) is 0 Å². The van der Waals surface area contributed by atoms with Gasteiger partial charge < -0.3 is 9.84 Å². The molecule has 18 heavy (non-hydrogen) atoms. The standard InChI is InChI=1S/C15H28O3/c1-3-5-7-12(4-2)11-18-15(17)13-8-6-9-14(16)10-13/h12-14,16H,3-11H2,1-2H3. The first kappa shape index (κ1) is 15.5. The van der Waals surface area contributed by atoms with E-state index < -0.39 is 0 Å².